The lowest BCUT2D eigenvalue weighted by atomic mass is 9.96. The predicted molar refractivity (Wildman–Crippen MR) is 74.3 cm³/mol. The Bertz CT molecular complexity index is 465. The number of hydrogen-bond donors (Lipinski definition) is 1. The standard InChI is InChI=1S/C14H18BrNO2/c1-14(2,3)18-13(17)12-7-9-5-4-6-11(15)10(9)8-16-12/h4-6,12,16H,7-8H2,1-3H3. The summed E-state index contributed by atoms with van der Waals surface area (Å²) < 4.78 is 6.50. The molecular weight excluding hydrogens is 294 g/mol. The maximum absolute atomic E-state index is 12.0. The van der Waals surface area contributed by atoms with Crippen LogP contribution in [0.15, 0.2) is 22.7 Å². The average Bonchev–Trinajstić information content (AvgIpc) is 2.26. The molecule has 98 valence electrons. The van der Waals surface area contributed by atoms with Crippen molar-refractivity contribution in [3.63, 3.8) is 0 Å². The number of benzene rings is 1. The van der Waals surface area contributed by atoms with Crippen molar-refractivity contribution in [1.29, 1.82) is 0 Å². The Morgan fingerprint density at radius 2 is 2.17 bits per heavy atom. The average molecular weight is 312 g/mol. The second-order valence-corrected chi connectivity index (χ2v) is 6.40. The highest BCUT2D eigenvalue weighted by molar-refractivity contribution is 9.10. The van der Waals surface area contributed by atoms with E-state index >= 15 is 0 Å². The number of hydrogen-bond acceptors (Lipinski definition) is 3. The van der Waals surface area contributed by atoms with Crippen LogP contribution < -0.4 is 5.32 Å². The van der Waals surface area contributed by atoms with Crippen molar-refractivity contribution in [2.24, 2.45) is 0 Å². The number of carbonyl (C=O) groups excluding carboxylic acids is 1. The third-order valence-electron chi connectivity index (χ3n) is 2.86. The molecule has 0 spiro atoms. The van der Waals surface area contributed by atoms with Crippen molar-refractivity contribution in [3.8, 4) is 0 Å². The first-order chi connectivity index (χ1) is 8.37. The molecule has 1 N–H and O–H groups in total. The predicted octanol–water partition coefficient (Wildman–Crippen LogP) is 2.81. The van der Waals surface area contributed by atoms with Crippen molar-refractivity contribution >= 4 is 21.9 Å². The van der Waals surface area contributed by atoms with Crippen LogP contribution in [0.2, 0.25) is 0 Å². The zero-order valence-electron chi connectivity index (χ0n) is 10.9. The highest BCUT2D eigenvalue weighted by atomic mass is 79.9. The minimum atomic E-state index is -0.434. The monoisotopic (exact) mass is 311 g/mol. The van der Waals surface area contributed by atoms with Crippen LogP contribution in [0.4, 0.5) is 0 Å². The minimum Gasteiger partial charge on any atom is -0.459 e. The highest BCUT2D eigenvalue weighted by Gasteiger charge is 2.29. The Labute approximate surface area is 116 Å². The molecule has 0 radical (unpaired) electrons. The first-order valence-electron chi connectivity index (χ1n) is 6.09. The van der Waals surface area contributed by atoms with Gasteiger partial charge in [0, 0.05) is 11.0 Å². The van der Waals surface area contributed by atoms with Crippen LogP contribution in [0.25, 0.3) is 0 Å². The Morgan fingerprint density at radius 3 is 2.83 bits per heavy atom. The van der Waals surface area contributed by atoms with E-state index in [4.69, 9.17) is 4.74 Å². The van der Waals surface area contributed by atoms with Crippen molar-refractivity contribution < 1.29 is 9.53 Å². The van der Waals surface area contributed by atoms with E-state index in [2.05, 4.69) is 27.3 Å². The van der Waals surface area contributed by atoms with Gasteiger partial charge in [0.05, 0.1) is 0 Å². The maximum Gasteiger partial charge on any atom is 0.324 e. The molecule has 0 aromatic heterocycles. The molecule has 1 aromatic rings. The molecule has 1 aliphatic rings. The molecule has 1 unspecified atom stereocenters. The molecule has 2 rings (SSSR count). The van der Waals surface area contributed by atoms with Crippen LogP contribution in [0, 0.1) is 0 Å². The number of halogens is 1. The van der Waals surface area contributed by atoms with Crippen LogP contribution in [-0.4, -0.2) is 17.6 Å². The van der Waals surface area contributed by atoms with Gasteiger partial charge in [-0.05, 0) is 44.4 Å². The zero-order chi connectivity index (χ0) is 13.3. The third kappa shape index (κ3) is 3.12. The van der Waals surface area contributed by atoms with E-state index in [-0.39, 0.29) is 12.0 Å². The summed E-state index contributed by atoms with van der Waals surface area (Å²) in [5.74, 6) is -0.173. The molecule has 3 nitrogen and oxygen atoms in total. The summed E-state index contributed by atoms with van der Waals surface area (Å²) in [7, 11) is 0. The Hall–Kier alpha value is -0.870. The van der Waals surface area contributed by atoms with Gasteiger partial charge in [0.2, 0.25) is 0 Å². The Balaban J connectivity index is 2.11. The van der Waals surface area contributed by atoms with E-state index in [1.54, 1.807) is 0 Å². The van der Waals surface area contributed by atoms with E-state index in [0.717, 1.165) is 4.47 Å². The van der Waals surface area contributed by atoms with Gasteiger partial charge in [-0.1, -0.05) is 28.1 Å². The molecule has 0 amide bonds. The third-order valence-corrected chi connectivity index (χ3v) is 3.60. The van der Waals surface area contributed by atoms with E-state index in [0.29, 0.717) is 13.0 Å². The molecule has 0 saturated heterocycles. The SMILES string of the molecule is CC(C)(C)OC(=O)C1Cc2cccc(Br)c2CN1. The van der Waals surface area contributed by atoms with E-state index < -0.39 is 5.60 Å². The molecule has 1 heterocycles. The number of carbonyl (C=O) groups is 1. The van der Waals surface area contributed by atoms with Crippen molar-refractivity contribution in [2.45, 2.75) is 45.4 Å². The second kappa shape index (κ2) is 5.02. The fourth-order valence-electron chi connectivity index (χ4n) is 2.05. The fourth-order valence-corrected chi connectivity index (χ4v) is 2.60. The van der Waals surface area contributed by atoms with Gasteiger partial charge in [-0.2, -0.15) is 0 Å². The van der Waals surface area contributed by atoms with Gasteiger partial charge in [-0.3, -0.25) is 10.1 Å². The highest BCUT2D eigenvalue weighted by Crippen LogP contribution is 2.25. The maximum atomic E-state index is 12.0. The molecule has 1 aliphatic heterocycles. The van der Waals surface area contributed by atoms with Crippen LogP contribution in [-0.2, 0) is 22.5 Å². The largest absolute Gasteiger partial charge is 0.459 e. The summed E-state index contributed by atoms with van der Waals surface area (Å²) in [4.78, 5) is 12.0. The van der Waals surface area contributed by atoms with Gasteiger partial charge in [-0.25, -0.2) is 0 Å². The molecule has 0 saturated carbocycles. The fraction of sp³-hybridized carbons (Fsp3) is 0.500. The molecule has 0 bridgehead atoms. The molecule has 1 atom stereocenters. The molecule has 0 fully saturated rings. The van der Waals surface area contributed by atoms with Crippen LogP contribution in [0.3, 0.4) is 0 Å². The quantitative estimate of drug-likeness (QED) is 0.811. The molecular formula is C14H18BrNO2. The molecule has 4 heteroatoms. The number of esters is 1. The van der Waals surface area contributed by atoms with Crippen LogP contribution in [0.5, 0.6) is 0 Å². The van der Waals surface area contributed by atoms with E-state index in [1.807, 2.05) is 32.9 Å². The smallest absolute Gasteiger partial charge is 0.324 e. The summed E-state index contributed by atoms with van der Waals surface area (Å²) in [6.45, 7) is 6.36. The Kier molecular flexibility index (Phi) is 3.78. The lowest BCUT2D eigenvalue weighted by molar-refractivity contribution is -0.157. The van der Waals surface area contributed by atoms with Gasteiger partial charge in [0.1, 0.15) is 11.6 Å². The normalized spacial score (nSPS) is 19.2. The summed E-state index contributed by atoms with van der Waals surface area (Å²) in [6.07, 6.45) is 0.684. The molecule has 18 heavy (non-hydrogen) atoms. The second-order valence-electron chi connectivity index (χ2n) is 5.55. The van der Waals surface area contributed by atoms with Crippen molar-refractivity contribution in [3.05, 3.63) is 33.8 Å². The topological polar surface area (TPSA) is 38.3 Å². The number of fused-ring (bicyclic) bond motifs is 1. The van der Waals surface area contributed by atoms with E-state index in [9.17, 15) is 4.79 Å². The van der Waals surface area contributed by atoms with Gasteiger partial charge < -0.3 is 4.74 Å². The minimum absolute atomic E-state index is 0.173. The van der Waals surface area contributed by atoms with Crippen molar-refractivity contribution in [1.82, 2.24) is 5.32 Å². The number of nitrogens with one attached hydrogen (secondary N) is 1. The summed E-state index contributed by atoms with van der Waals surface area (Å²) in [5, 5.41) is 3.23. The zero-order valence-corrected chi connectivity index (χ0v) is 12.5. The van der Waals surface area contributed by atoms with Crippen LogP contribution in [0.1, 0.15) is 31.9 Å². The van der Waals surface area contributed by atoms with Gasteiger partial charge in [0.15, 0.2) is 0 Å². The summed E-state index contributed by atoms with van der Waals surface area (Å²) in [6, 6.07) is 5.85. The first-order valence-corrected chi connectivity index (χ1v) is 6.88. The van der Waals surface area contributed by atoms with Gasteiger partial charge in [0.25, 0.3) is 0 Å². The summed E-state index contributed by atoms with van der Waals surface area (Å²) in [5.41, 5.74) is 2.01. The summed E-state index contributed by atoms with van der Waals surface area (Å²) >= 11 is 3.53. The molecule has 0 aliphatic carbocycles. The Morgan fingerprint density at radius 1 is 1.44 bits per heavy atom. The van der Waals surface area contributed by atoms with Crippen LogP contribution >= 0.6 is 15.9 Å². The van der Waals surface area contributed by atoms with Gasteiger partial charge in [-0.15, -0.1) is 0 Å². The van der Waals surface area contributed by atoms with E-state index in [1.165, 1.54) is 11.1 Å². The lowest BCUT2D eigenvalue weighted by Crippen LogP contribution is -2.45. The van der Waals surface area contributed by atoms with Crippen molar-refractivity contribution in [2.75, 3.05) is 0 Å². The van der Waals surface area contributed by atoms with Gasteiger partial charge >= 0.3 is 5.97 Å². The molecule has 1 aromatic carbocycles. The lowest BCUT2D eigenvalue weighted by Gasteiger charge is -2.28. The number of ether oxygens (including phenoxy) is 1. The number of rotatable bonds is 1. The first kappa shape index (κ1) is 13.6.